The van der Waals surface area contributed by atoms with Gasteiger partial charge in [0, 0.05) is 18.9 Å². The van der Waals surface area contributed by atoms with E-state index >= 15 is 0 Å². The van der Waals surface area contributed by atoms with E-state index < -0.39 is 0 Å². The molecule has 14 heavy (non-hydrogen) atoms. The maximum absolute atomic E-state index is 11.4. The van der Waals surface area contributed by atoms with Gasteiger partial charge in [-0.3, -0.25) is 4.79 Å². The third-order valence-electron chi connectivity index (χ3n) is 1.66. The lowest BCUT2D eigenvalue weighted by Crippen LogP contribution is -2.24. The first kappa shape index (κ1) is 10.4. The van der Waals surface area contributed by atoms with Crippen molar-refractivity contribution in [2.75, 3.05) is 6.54 Å². The average molecular weight is 191 g/mol. The summed E-state index contributed by atoms with van der Waals surface area (Å²) in [6, 6.07) is 0. The molecule has 4 nitrogen and oxygen atoms in total. The Labute approximate surface area is 83.1 Å². The van der Waals surface area contributed by atoms with E-state index in [9.17, 15) is 4.79 Å². The van der Waals surface area contributed by atoms with Gasteiger partial charge in [-0.25, -0.2) is 9.97 Å². The molecule has 1 aromatic rings. The molecule has 0 aliphatic rings. The number of allylic oxidation sites excluding steroid dienone is 1. The standard InChI is InChI=1S/C10H13N3O/c1-2-3-4-5-13-10(14)9-6-11-8-12-7-9/h2-3,6-8H,4-5H2,1H3,(H,13,14)/b3-2+. The van der Waals surface area contributed by atoms with Crippen molar-refractivity contribution >= 4 is 5.91 Å². The van der Waals surface area contributed by atoms with E-state index in [0.29, 0.717) is 12.1 Å². The van der Waals surface area contributed by atoms with Crippen molar-refractivity contribution in [1.29, 1.82) is 0 Å². The number of carbonyl (C=O) groups excluding carboxylic acids is 1. The summed E-state index contributed by atoms with van der Waals surface area (Å²) in [6.45, 7) is 2.59. The summed E-state index contributed by atoms with van der Waals surface area (Å²) in [7, 11) is 0. The number of hydrogen-bond donors (Lipinski definition) is 1. The number of carbonyl (C=O) groups is 1. The number of hydrogen-bond acceptors (Lipinski definition) is 3. The van der Waals surface area contributed by atoms with Crippen LogP contribution < -0.4 is 5.32 Å². The lowest BCUT2D eigenvalue weighted by Gasteiger charge is -2.01. The van der Waals surface area contributed by atoms with Crippen LogP contribution in [0.5, 0.6) is 0 Å². The fourth-order valence-corrected chi connectivity index (χ4v) is 0.954. The summed E-state index contributed by atoms with van der Waals surface area (Å²) in [5, 5.41) is 2.76. The van der Waals surface area contributed by atoms with Crippen LogP contribution in [0.2, 0.25) is 0 Å². The molecule has 74 valence electrons. The van der Waals surface area contributed by atoms with Crippen LogP contribution in [0.1, 0.15) is 23.7 Å². The topological polar surface area (TPSA) is 54.9 Å². The van der Waals surface area contributed by atoms with Gasteiger partial charge in [0.1, 0.15) is 6.33 Å². The monoisotopic (exact) mass is 191 g/mol. The average Bonchev–Trinajstić information content (AvgIpc) is 2.25. The second-order valence-corrected chi connectivity index (χ2v) is 2.74. The molecular weight excluding hydrogens is 178 g/mol. The van der Waals surface area contributed by atoms with Gasteiger partial charge < -0.3 is 5.32 Å². The van der Waals surface area contributed by atoms with Crippen molar-refractivity contribution in [3.05, 3.63) is 36.4 Å². The van der Waals surface area contributed by atoms with Gasteiger partial charge in [-0.15, -0.1) is 0 Å². The molecule has 0 aliphatic carbocycles. The van der Waals surface area contributed by atoms with Crippen LogP contribution in [0, 0.1) is 0 Å². The quantitative estimate of drug-likeness (QED) is 0.574. The molecule has 0 fully saturated rings. The fourth-order valence-electron chi connectivity index (χ4n) is 0.954. The number of nitrogens with zero attached hydrogens (tertiary/aromatic N) is 2. The largest absolute Gasteiger partial charge is 0.352 e. The molecule has 1 N–H and O–H groups in total. The molecule has 1 amide bonds. The molecule has 0 unspecified atom stereocenters. The first-order valence-electron chi connectivity index (χ1n) is 4.49. The van der Waals surface area contributed by atoms with Gasteiger partial charge in [-0.2, -0.15) is 0 Å². The van der Waals surface area contributed by atoms with Crippen LogP contribution in [0.15, 0.2) is 30.9 Å². The van der Waals surface area contributed by atoms with Crippen LogP contribution in [0.4, 0.5) is 0 Å². The predicted octanol–water partition coefficient (Wildman–Crippen LogP) is 1.17. The fraction of sp³-hybridized carbons (Fsp3) is 0.300. The maximum Gasteiger partial charge on any atom is 0.254 e. The van der Waals surface area contributed by atoms with Crippen molar-refractivity contribution in [3.8, 4) is 0 Å². The summed E-state index contributed by atoms with van der Waals surface area (Å²) in [5.74, 6) is -0.130. The minimum atomic E-state index is -0.130. The van der Waals surface area contributed by atoms with Crippen LogP contribution in [-0.2, 0) is 0 Å². The van der Waals surface area contributed by atoms with Crippen LogP contribution in [-0.4, -0.2) is 22.4 Å². The van der Waals surface area contributed by atoms with Crippen molar-refractivity contribution < 1.29 is 4.79 Å². The smallest absolute Gasteiger partial charge is 0.254 e. The molecular formula is C10H13N3O. The number of rotatable bonds is 4. The van der Waals surface area contributed by atoms with Gasteiger partial charge >= 0.3 is 0 Å². The molecule has 0 radical (unpaired) electrons. The Morgan fingerprint density at radius 1 is 1.50 bits per heavy atom. The second kappa shape index (κ2) is 5.85. The summed E-state index contributed by atoms with van der Waals surface area (Å²) < 4.78 is 0. The zero-order valence-corrected chi connectivity index (χ0v) is 8.10. The second-order valence-electron chi connectivity index (χ2n) is 2.74. The van der Waals surface area contributed by atoms with Crippen molar-refractivity contribution in [2.45, 2.75) is 13.3 Å². The van der Waals surface area contributed by atoms with E-state index in [1.54, 1.807) is 0 Å². The van der Waals surface area contributed by atoms with E-state index in [1.165, 1.54) is 18.7 Å². The zero-order chi connectivity index (χ0) is 10.2. The third kappa shape index (κ3) is 3.35. The summed E-state index contributed by atoms with van der Waals surface area (Å²) in [4.78, 5) is 18.9. The summed E-state index contributed by atoms with van der Waals surface area (Å²) in [5.41, 5.74) is 0.493. The summed E-state index contributed by atoms with van der Waals surface area (Å²) >= 11 is 0. The molecule has 0 bridgehead atoms. The van der Waals surface area contributed by atoms with E-state index in [2.05, 4.69) is 15.3 Å². The van der Waals surface area contributed by atoms with E-state index in [0.717, 1.165) is 6.42 Å². The highest BCUT2D eigenvalue weighted by molar-refractivity contribution is 5.93. The lowest BCUT2D eigenvalue weighted by atomic mass is 10.3. The number of nitrogens with one attached hydrogen (secondary N) is 1. The van der Waals surface area contributed by atoms with Crippen molar-refractivity contribution in [2.24, 2.45) is 0 Å². The molecule has 0 saturated heterocycles. The Kier molecular flexibility index (Phi) is 4.34. The van der Waals surface area contributed by atoms with Crippen molar-refractivity contribution in [1.82, 2.24) is 15.3 Å². The van der Waals surface area contributed by atoms with Gasteiger partial charge in [0.15, 0.2) is 0 Å². The minimum Gasteiger partial charge on any atom is -0.352 e. The highest BCUT2D eigenvalue weighted by Crippen LogP contribution is 1.92. The minimum absolute atomic E-state index is 0.130. The van der Waals surface area contributed by atoms with E-state index in [1.807, 2.05) is 19.1 Å². The van der Waals surface area contributed by atoms with Gasteiger partial charge in [0.25, 0.3) is 5.91 Å². The predicted molar refractivity (Wildman–Crippen MR) is 53.8 cm³/mol. The molecule has 1 rings (SSSR count). The van der Waals surface area contributed by atoms with E-state index in [-0.39, 0.29) is 5.91 Å². The highest BCUT2D eigenvalue weighted by atomic mass is 16.1. The Bertz CT molecular complexity index is 308. The normalized spacial score (nSPS) is 10.4. The van der Waals surface area contributed by atoms with Crippen LogP contribution in [0.25, 0.3) is 0 Å². The Morgan fingerprint density at radius 2 is 2.21 bits per heavy atom. The Morgan fingerprint density at radius 3 is 2.86 bits per heavy atom. The molecule has 1 aromatic heterocycles. The maximum atomic E-state index is 11.4. The lowest BCUT2D eigenvalue weighted by molar-refractivity contribution is 0.0953. The number of amides is 1. The Hall–Kier alpha value is -1.71. The van der Waals surface area contributed by atoms with Crippen LogP contribution in [0.3, 0.4) is 0 Å². The number of aromatic nitrogens is 2. The third-order valence-corrected chi connectivity index (χ3v) is 1.66. The van der Waals surface area contributed by atoms with E-state index in [4.69, 9.17) is 0 Å². The Balaban J connectivity index is 2.36. The first-order chi connectivity index (χ1) is 6.84. The molecule has 4 heteroatoms. The van der Waals surface area contributed by atoms with Crippen LogP contribution >= 0.6 is 0 Å². The zero-order valence-electron chi connectivity index (χ0n) is 8.10. The van der Waals surface area contributed by atoms with Gasteiger partial charge in [0.2, 0.25) is 0 Å². The molecule has 0 spiro atoms. The van der Waals surface area contributed by atoms with Gasteiger partial charge in [-0.05, 0) is 13.3 Å². The highest BCUT2D eigenvalue weighted by Gasteiger charge is 2.02. The molecule has 0 atom stereocenters. The molecule has 0 saturated carbocycles. The van der Waals surface area contributed by atoms with Gasteiger partial charge in [-0.1, -0.05) is 12.2 Å². The summed E-state index contributed by atoms with van der Waals surface area (Å²) in [6.07, 6.45) is 9.20. The van der Waals surface area contributed by atoms with Gasteiger partial charge in [0.05, 0.1) is 5.56 Å². The van der Waals surface area contributed by atoms with Crippen molar-refractivity contribution in [3.63, 3.8) is 0 Å². The molecule has 0 aliphatic heterocycles. The SMILES string of the molecule is C/C=C/CCNC(=O)c1cncnc1. The molecule has 1 heterocycles. The first-order valence-corrected chi connectivity index (χ1v) is 4.49. The molecule has 0 aromatic carbocycles.